The van der Waals surface area contributed by atoms with Gasteiger partial charge in [-0.2, -0.15) is 0 Å². The third-order valence-corrected chi connectivity index (χ3v) is 4.05. The molecule has 1 aliphatic carbocycles. The topological polar surface area (TPSA) is 54.4 Å². The van der Waals surface area contributed by atoms with Gasteiger partial charge < -0.3 is 5.11 Å². The summed E-state index contributed by atoms with van der Waals surface area (Å²) in [7, 11) is -3.10. The number of hydrogen-bond acceptors (Lipinski definition) is 3. The van der Waals surface area contributed by atoms with Crippen LogP contribution in [0, 0.1) is 5.92 Å². The molecule has 0 heterocycles. The molecule has 3 nitrogen and oxygen atoms in total. The molecule has 1 aliphatic rings. The van der Waals surface area contributed by atoms with Gasteiger partial charge in [0.15, 0.2) is 0 Å². The number of fused-ring (bicyclic) bond motifs is 1. The van der Waals surface area contributed by atoms with Crippen LogP contribution in [0.25, 0.3) is 0 Å². The normalized spacial score (nSPS) is 18.4. The molecule has 88 valence electrons. The highest BCUT2D eigenvalue weighted by atomic mass is 32.2. The van der Waals surface area contributed by atoms with Gasteiger partial charge in [0.2, 0.25) is 0 Å². The fourth-order valence-electron chi connectivity index (χ4n) is 2.31. The van der Waals surface area contributed by atoms with Gasteiger partial charge in [0, 0.05) is 6.26 Å². The Balaban J connectivity index is 2.06. The van der Waals surface area contributed by atoms with Gasteiger partial charge in [-0.25, -0.2) is 8.42 Å². The van der Waals surface area contributed by atoms with Gasteiger partial charge in [-0.05, 0) is 29.9 Å². The second-order valence-electron chi connectivity index (χ2n) is 4.60. The van der Waals surface area contributed by atoms with E-state index in [-0.39, 0.29) is 11.7 Å². The number of hydrogen-bond donors (Lipinski definition) is 1. The summed E-state index contributed by atoms with van der Waals surface area (Å²) < 4.78 is 22.2. The summed E-state index contributed by atoms with van der Waals surface area (Å²) in [6.45, 7) is 0. The van der Waals surface area contributed by atoms with Crippen molar-refractivity contribution in [1.29, 1.82) is 0 Å². The molecule has 1 unspecified atom stereocenters. The molecular formula is C12H16O3S. The molecule has 0 saturated carbocycles. The average Bonchev–Trinajstić information content (AvgIpc) is 2.58. The first-order valence-electron chi connectivity index (χ1n) is 5.38. The highest BCUT2D eigenvalue weighted by Gasteiger charge is 2.29. The van der Waals surface area contributed by atoms with E-state index in [1.807, 2.05) is 24.3 Å². The molecular weight excluding hydrogens is 224 g/mol. The molecule has 16 heavy (non-hydrogen) atoms. The van der Waals surface area contributed by atoms with Crippen LogP contribution in [0.4, 0.5) is 0 Å². The van der Waals surface area contributed by atoms with Crippen LogP contribution in [0.2, 0.25) is 0 Å². The van der Waals surface area contributed by atoms with Crippen LogP contribution in [-0.2, 0) is 22.7 Å². The Morgan fingerprint density at radius 1 is 1.31 bits per heavy atom. The highest BCUT2D eigenvalue weighted by Crippen LogP contribution is 2.28. The van der Waals surface area contributed by atoms with Gasteiger partial charge in [-0.3, -0.25) is 0 Å². The second kappa shape index (κ2) is 4.18. The lowest BCUT2D eigenvalue weighted by Crippen LogP contribution is -2.28. The first kappa shape index (κ1) is 11.6. The Morgan fingerprint density at radius 3 is 2.25 bits per heavy atom. The van der Waals surface area contributed by atoms with E-state index in [9.17, 15) is 13.5 Å². The zero-order valence-corrected chi connectivity index (χ0v) is 10.1. The lowest BCUT2D eigenvalue weighted by Gasteiger charge is -2.16. The minimum Gasteiger partial charge on any atom is -0.392 e. The van der Waals surface area contributed by atoms with Gasteiger partial charge >= 0.3 is 0 Å². The third-order valence-electron chi connectivity index (χ3n) is 3.10. The maximum atomic E-state index is 11.1. The molecule has 4 heteroatoms. The Morgan fingerprint density at radius 2 is 1.81 bits per heavy atom. The first-order valence-corrected chi connectivity index (χ1v) is 7.44. The van der Waals surface area contributed by atoms with E-state index in [0.29, 0.717) is 0 Å². The summed E-state index contributed by atoms with van der Waals surface area (Å²) in [5.41, 5.74) is 2.47. The molecule has 1 aromatic rings. The van der Waals surface area contributed by atoms with E-state index in [0.717, 1.165) is 19.1 Å². The monoisotopic (exact) mass is 240 g/mol. The zero-order chi connectivity index (χ0) is 11.8. The van der Waals surface area contributed by atoms with Gasteiger partial charge in [-0.15, -0.1) is 0 Å². The molecule has 0 aromatic heterocycles. The molecule has 0 fully saturated rings. The van der Waals surface area contributed by atoms with Crippen LogP contribution in [-0.4, -0.2) is 31.6 Å². The van der Waals surface area contributed by atoms with Crippen LogP contribution in [0.3, 0.4) is 0 Å². The van der Waals surface area contributed by atoms with Gasteiger partial charge in [0.1, 0.15) is 9.84 Å². The molecule has 0 saturated heterocycles. The summed E-state index contributed by atoms with van der Waals surface area (Å²) in [4.78, 5) is 0. The van der Waals surface area contributed by atoms with Crippen molar-refractivity contribution in [2.75, 3.05) is 12.0 Å². The number of aliphatic hydroxyl groups is 1. The van der Waals surface area contributed by atoms with Gasteiger partial charge in [0.25, 0.3) is 0 Å². The summed E-state index contributed by atoms with van der Waals surface area (Å²) in [6, 6.07) is 8.04. The van der Waals surface area contributed by atoms with E-state index >= 15 is 0 Å². The van der Waals surface area contributed by atoms with Crippen molar-refractivity contribution in [3.63, 3.8) is 0 Å². The van der Waals surface area contributed by atoms with Crippen molar-refractivity contribution in [3.8, 4) is 0 Å². The standard InChI is InChI=1S/C12H16O3S/c1-16(14,15)8-12(13)11-6-9-4-2-3-5-10(9)7-11/h2-5,11-13H,6-8H2,1H3. The van der Waals surface area contributed by atoms with E-state index in [4.69, 9.17) is 0 Å². The molecule has 0 bridgehead atoms. The molecule has 0 aliphatic heterocycles. The molecule has 1 aromatic carbocycles. The predicted molar refractivity (Wildman–Crippen MR) is 63.1 cm³/mol. The maximum absolute atomic E-state index is 11.1. The summed E-state index contributed by atoms with van der Waals surface area (Å²) in [5, 5.41) is 9.88. The van der Waals surface area contributed by atoms with E-state index in [1.165, 1.54) is 11.1 Å². The number of sulfone groups is 1. The predicted octanol–water partition coefficient (Wildman–Crippen LogP) is 0.807. The Labute approximate surface area is 96.0 Å². The highest BCUT2D eigenvalue weighted by molar-refractivity contribution is 7.90. The molecule has 0 spiro atoms. The van der Waals surface area contributed by atoms with Crippen LogP contribution < -0.4 is 0 Å². The average molecular weight is 240 g/mol. The molecule has 1 atom stereocenters. The fourth-order valence-corrected chi connectivity index (χ4v) is 3.20. The van der Waals surface area contributed by atoms with Gasteiger partial charge in [-0.1, -0.05) is 24.3 Å². The number of aliphatic hydroxyl groups excluding tert-OH is 1. The first-order chi connectivity index (χ1) is 7.46. The van der Waals surface area contributed by atoms with Crippen LogP contribution in [0.5, 0.6) is 0 Å². The quantitative estimate of drug-likeness (QED) is 0.850. The van der Waals surface area contributed by atoms with Crippen LogP contribution in [0.1, 0.15) is 11.1 Å². The van der Waals surface area contributed by atoms with Crippen LogP contribution in [0.15, 0.2) is 24.3 Å². The summed E-state index contributed by atoms with van der Waals surface area (Å²) >= 11 is 0. The summed E-state index contributed by atoms with van der Waals surface area (Å²) in [6.07, 6.45) is 1.99. The minimum atomic E-state index is -3.10. The van der Waals surface area contributed by atoms with E-state index in [1.54, 1.807) is 0 Å². The molecule has 2 rings (SSSR count). The third kappa shape index (κ3) is 2.62. The maximum Gasteiger partial charge on any atom is 0.150 e. The lowest BCUT2D eigenvalue weighted by molar-refractivity contribution is 0.133. The zero-order valence-electron chi connectivity index (χ0n) is 9.26. The van der Waals surface area contributed by atoms with Crippen molar-refractivity contribution < 1.29 is 13.5 Å². The largest absolute Gasteiger partial charge is 0.392 e. The molecule has 0 radical (unpaired) electrons. The van der Waals surface area contributed by atoms with Crippen molar-refractivity contribution in [2.45, 2.75) is 18.9 Å². The van der Waals surface area contributed by atoms with Crippen LogP contribution >= 0.6 is 0 Å². The van der Waals surface area contributed by atoms with Crippen molar-refractivity contribution in [3.05, 3.63) is 35.4 Å². The SMILES string of the molecule is CS(=O)(=O)CC(O)C1Cc2ccccc2C1. The Kier molecular flexibility index (Phi) is 3.04. The second-order valence-corrected chi connectivity index (χ2v) is 6.78. The lowest BCUT2D eigenvalue weighted by atomic mass is 10.0. The van der Waals surface area contributed by atoms with Gasteiger partial charge in [0.05, 0.1) is 11.9 Å². The van der Waals surface area contributed by atoms with Crippen molar-refractivity contribution >= 4 is 9.84 Å². The number of benzene rings is 1. The van der Waals surface area contributed by atoms with Crippen molar-refractivity contribution in [2.24, 2.45) is 5.92 Å². The minimum absolute atomic E-state index is 0.0483. The fraction of sp³-hybridized carbons (Fsp3) is 0.500. The van der Waals surface area contributed by atoms with E-state index in [2.05, 4.69) is 0 Å². The van der Waals surface area contributed by atoms with E-state index < -0.39 is 15.9 Å². The Bertz CT molecular complexity index is 454. The number of rotatable bonds is 3. The molecule has 0 amide bonds. The Hall–Kier alpha value is -0.870. The summed E-state index contributed by atoms with van der Waals surface area (Å²) in [5.74, 6) is -0.0850. The smallest absolute Gasteiger partial charge is 0.150 e. The molecule has 1 N–H and O–H groups in total. The van der Waals surface area contributed by atoms with Crippen molar-refractivity contribution in [1.82, 2.24) is 0 Å².